The second-order valence-corrected chi connectivity index (χ2v) is 8.74. The Labute approximate surface area is 168 Å². The molecule has 0 unspecified atom stereocenters. The number of rotatable bonds is 3. The molecule has 1 aromatic carbocycles. The maximum absolute atomic E-state index is 13.2. The predicted molar refractivity (Wildman–Crippen MR) is 113 cm³/mol. The van der Waals surface area contributed by atoms with E-state index in [2.05, 4.69) is 61.1 Å². The standard InChI is InChI=1S/C23H30N4O/c1-23(2)17-27(20-10-7-13-24-21(20)23)22(28)26-14-11-19(12-15-26)25(3)16-18-8-5-4-6-9-18/h4-10,13,19H,11-12,14-17H2,1-3H3. The summed E-state index contributed by atoms with van der Waals surface area (Å²) >= 11 is 0. The number of fused-ring (bicyclic) bond motifs is 1. The van der Waals surface area contributed by atoms with Gasteiger partial charge < -0.3 is 4.90 Å². The number of hydrogen-bond donors (Lipinski definition) is 0. The number of hydrogen-bond acceptors (Lipinski definition) is 3. The Hall–Kier alpha value is -2.40. The number of pyridine rings is 1. The number of aromatic nitrogens is 1. The molecule has 28 heavy (non-hydrogen) atoms. The Morgan fingerprint density at radius 2 is 1.86 bits per heavy atom. The van der Waals surface area contributed by atoms with Crippen molar-refractivity contribution in [3.63, 3.8) is 0 Å². The van der Waals surface area contributed by atoms with Gasteiger partial charge in [0.2, 0.25) is 0 Å². The monoisotopic (exact) mass is 378 g/mol. The molecular weight excluding hydrogens is 348 g/mol. The lowest BCUT2D eigenvalue weighted by Crippen LogP contribution is -2.50. The Balaban J connectivity index is 1.37. The van der Waals surface area contributed by atoms with Crippen molar-refractivity contribution in [3.05, 3.63) is 59.9 Å². The fourth-order valence-electron chi connectivity index (χ4n) is 4.53. The van der Waals surface area contributed by atoms with Crippen molar-refractivity contribution in [2.45, 2.75) is 44.7 Å². The van der Waals surface area contributed by atoms with Gasteiger partial charge >= 0.3 is 6.03 Å². The third-order valence-corrected chi connectivity index (χ3v) is 6.14. The van der Waals surface area contributed by atoms with E-state index in [9.17, 15) is 4.79 Å². The van der Waals surface area contributed by atoms with Crippen molar-refractivity contribution in [3.8, 4) is 0 Å². The summed E-state index contributed by atoms with van der Waals surface area (Å²) in [6.07, 6.45) is 3.86. The Bertz CT molecular complexity index is 828. The van der Waals surface area contributed by atoms with Crippen LogP contribution in [-0.2, 0) is 12.0 Å². The van der Waals surface area contributed by atoms with Crippen molar-refractivity contribution in [1.29, 1.82) is 0 Å². The number of nitrogens with zero attached hydrogens (tertiary/aromatic N) is 4. The van der Waals surface area contributed by atoms with E-state index in [-0.39, 0.29) is 11.4 Å². The van der Waals surface area contributed by atoms with Gasteiger partial charge in [-0.1, -0.05) is 44.2 Å². The van der Waals surface area contributed by atoms with Gasteiger partial charge in [0.15, 0.2) is 0 Å². The van der Waals surface area contributed by atoms with Crippen LogP contribution in [0.25, 0.3) is 0 Å². The van der Waals surface area contributed by atoms with E-state index in [1.807, 2.05) is 28.1 Å². The minimum Gasteiger partial charge on any atom is -0.324 e. The highest BCUT2D eigenvalue weighted by Gasteiger charge is 2.41. The first-order valence-electron chi connectivity index (χ1n) is 10.2. The lowest BCUT2D eigenvalue weighted by molar-refractivity contribution is 0.133. The molecule has 1 aromatic heterocycles. The largest absolute Gasteiger partial charge is 0.324 e. The topological polar surface area (TPSA) is 39.7 Å². The Morgan fingerprint density at radius 1 is 1.14 bits per heavy atom. The summed E-state index contributed by atoms with van der Waals surface area (Å²) in [5.41, 5.74) is 3.24. The fraction of sp³-hybridized carbons (Fsp3) is 0.478. The molecule has 148 valence electrons. The van der Waals surface area contributed by atoms with Gasteiger partial charge in [-0.05, 0) is 37.6 Å². The highest BCUT2D eigenvalue weighted by atomic mass is 16.2. The number of benzene rings is 1. The normalized spacial score (nSPS) is 19.1. The fourth-order valence-corrected chi connectivity index (χ4v) is 4.53. The average molecular weight is 379 g/mol. The van der Waals surface area contributed by atoms with Crippen LogP contribution in [0.5, 0.6) is 0 Å². The maximum Gasteiger partial charge on any atom is 0.324 e. The molecular formula is C23H30N4O. The average Bonchev–Trinajstić information content (AvgIpc) is 3.00. The molecule has 4 rings (SSSR count). The van der Waals surface area contributed by atoms with Gasteiger partial charge in [0.1, 0.15) is 0 Å². The quantitative estimate of drug-likeness (QED) is 0.813. The molecule has 2 aliphatic heterocycles. The number of anilines is 1. The van der Waals surface area contributed by atoms with Crippen LogP contribution in [0.15, 0.2) is 48.7 Å². The molecule has 1 saturated heterocycles. The van der Waals surface area contributed by atoms with Crippen molar-refractivity contribution < 1.29 is 4.79 Å². The van der Waals surface area contributed by atoms with Crippen LogP contribution < -0.4 is 4.90 Å². The van der Waals surface area contributed by atoms with Gasteiger partial charge in [0.25, 0.3) is 0 Å². The zero-order chi connectivity index (χ0) is 19.7. The van der Waals surface area contributed by atoms with Gasteiger partial charge in [-0.2, -0.15) is 0 Å². The van der Waals surface area contributed by atoms with Crippen LogP contribution >= 0.6 is 0 Å². The third-order valence-electron chi connectivity index (χ3n) is 6.14. The van der Waals surface area contributed by atoms with E-state index < -0.39 is 0 Å². The summed E-state index contributed by atoms with van der Waals surface area (Å²) in [7, 11) is 2.19. The third kappa shape index (κ3) is 3.63. The highest BCUT2D eigenvalue weighted by Crippen LogP contribution is 2.39. The van der Waals surface area contributed by atoms with E-state index in [1.165, 1.54) is 5.56 Å². The molecule has 2 aromatic rings. The number of carbonyl (C=O) groups excluding carboxylic acids is 1. The summed E-state index contributed by atoms with van der Waals surface area (Å²) < 4.78 is 0. The summed E-state index contributed by atoms with van der Waals surface area (Å²) in [5.74, 6) is 0. The van der Waals surface area contributed by atoms with Gasteiger partial charge in [-0.15, -0.1) is 0 Å². The van der Waals surface area contributed by atoms with E-state index >= 15 is 0 Å². The Kier molecular flexibility index (Phi) is 5.11. The number of amides is 2. The first-order valence-corrected chi connectivity index (χ1v) is 10.2. The van der Waals surface area contributed by atoms with Crippen LogP contribution in [0.2, 0.25) is 0 Å². The molecule has 3 heterocycles. The zero-order valence-corrected chi connectivity index (χ0v) is 17.1. The molecule has 0 aliphatic carbocycles. The molecule has 5 heteroatoms. The molecule has 1 fully saturated rings. The minimum atomic E-state index is -0.0967. The van der Waals surface area contributed by atoms with Crippen molar-refractivity contribution in [2.75, 3.05) is 31.6 Å². The van der Waals surface area contributed by atoms with Gasteiger partial charge in [-0.25, -0.2) is 4.79 Å². The molecule has 2 amide bonds. The molecule has 2 aliphatic rings. The molecule has 0 bridgehead atoms. The summed E-state index contributed by atoms with van der Waals surface area (Å²) in [6.45, 7) is 7.61. The molecule has 5 nitrogen and oxygen atoms in total. The predicted octanol–water partition coefficient (Wildman–Crippen LogP) is 3.90. The number of piperidine rings is 1. The second kappa shape index (κ2) is 7.55. The lowest BCUT2D eigenvalue weighted by Gasteiger charge is -2.38. The van der Waals surface area contributed by atoms with Crippen molar-refractivity contribution in [1.82, 2.24) is 14.8 Å². The van der Waals surface area contributed by atoms with Crippen LogP contribution in [0.1, 0.15) is 37.9 Å². The molecule has 0 saturated carbocycles. The smallest absolute Gasteiger partial charge is 0.324 e. The van der Waals surface area contributed by atoms with Crippen LogP contribution in [-0.4, -0.2) is 53.5 Å². The van der Waals surface area contributed by atoms with Gasteiger partial charge in [0, 0.05) is 43.8 Å². The van der Waals surface area contributed by atoms with Crippen molar-refractivity contribution >= 4 is 11.7 Å². The minimum absolute atomic E-state index is 0.0967. The molecule has 0 spiro atoms. The Morgan fingerprint density at radius 3 is 2.57 bits per heavy atom. The SMILES string of the molecule is CN(Cc1ccccc1)C1CCN(C(=O)N2CC(C)(C)c3ncccc32)CC1. The summed E-state index contributed by atoms with van der Waals surface area (Å²) in [6, 6.07) is 15.2. The van der Waals surface area contributed by atoms with E-state index in [4.69, 9.17) is 0 Å². The highest BCUT2D eigenvalue weighted by molar-refractivity contribution is 5.94. The lowest BCUT2D eigenvalue weighted by atomic mass is 9.91. The second-order valence-electron chi connectivity index (χ2n) is 8.74. The first-order chi connectivity index (χ1) is 13.5. The number of urea groups is 1. The summed E-state index contributed by atoms with van der Waals surface area (Å²) in [5, 5.41) is 0. The first kappa shape index (κ1) is 18.9. The summed E-state index contributed by atoms with van der Waals surface area (Å²) in [4.78, 5) is 24.1. The van der Waals surface area contributed by atoms with Crippen LogP contribution in [0, 0.1) is 0 Å². The maximum atomic E-state index is 13.2. The van der Waals surface area contributed by atoms with Crippen LogP contribution in [0.4, 0.5) is 10.5 Å². The number of carbonyl (C=O) groups is 1. The molecule has 0 atom stereocenters. The van der Waals surface area contributed by atoms with Crippen molar-refractivity contribution in [2.24, 2.45) is 0 Å². The van der Waals surface area contributed by atoms with E-state index in [0.717, 1.165) is 43.9 Å². The molecule has 0 radical (unpaired) electrons. The number of likely N-dealkylation sites (tertiary alicyclic amines) is 1. The van der Waals surface area contributed by atoms with E-state index in [1.54, 1.807) is 0 Å². The molecule has 0 N–H and O–H groups in total. The van der Waals surface area contributed by atoms with Gasteiger partial charge in [0.05, 0.1) is 11.4 Å². The van der Waals surface area contributed by atoms with Crippen LogP contribution in [0.3, 0.4) is 0 Å². The van der Waals surface area contributed by atoms with E-state index in [0.29, 0.717) is 12.6 Å². The zero-order valence-electron chi connectivity index (χ0n) is 17.1. The van der Waals surface area contributed by atoms with Gasteiger partial charge in [-0.3, -0.25) is 14.8 Å².